The standard InChI is InChI=1S/C24H25ClN2O3S/c1-4-19-10-12-20(13-11-19)26-24(28)16-27(23-7-5-6-22(25)18(23)3)31(29,30)21-14-8-17(2)9-15-21/h5-15H,4,16H2,1-3H3,(H,26,28). The summed E-state index contributed by atoms with van der Waals surface area (Å²) in [5, 5.41) is 3.21. The number of anilines is 2. The lowest BCUT2D eigenvalue weighted by atomic mass is 10.1. The number of rotatable bonds is 7. The molecule has 0 spiro atoms. The molecule has 3 aromatic carbocycles. The van der Waals surface area contributed by atoms with E-state index in [0.717, 1.165) is 21.9 Å². The molecule has 0 radical (unpaired) electrons. The monoisotopic (exact) mass is 456 g/mol. The minimum Gasteiger partial charge on any atom is -0.325 e. The molecule has 0 saturated heterocycles. The van der Waals surface area contributed by atoms with Crippen LogP contribution in [0, 0.1) is 13.8 Å². The fourth-order valence-corrected chi connectivity index (χ4v) is 4.81. The van der Waals surface area contributed by atoms with Crippen LogP contribution in [0.15, 0.2) is 71.6 Å². The van der Waals surface area contributed by atoms with E-state index in [2.05, 4.69) is 12.2 Å². The molecule has 0 atom stereocenters. The summed E-state index contributed by atoms with van der Waals surface area (Å²) in [6, 6.07) is 19.0. The van der Waals surface area contributed by atoms with Crippen molar-refractivity contribution in [2.24, 2.45) is 0 Å². The molecule has 0 aliphatic carbocycles. The fraction of sp³-hybridized carbons (Fsp3) is 0.208. The first-order chi connectivity index (χ1) is 14.7. The maximum Gasteiger partial charge on any atom is 0.264 e. The van der Waals surface area contributed by atoms with E-state index in [0.29, 0.717) is 22.0 Å². The quantitative estimate of drug-likeness (QED) is 0.520. The zero-order chi connectivity index (χ0) is 22.6. The number of nitrogens with zero attached hydrogens (tertiary/aromatic N) is 1. The minimum atomic E-state index is -3.99. The Kier molecular flexibility index (Phi) is 7.03. The van der Waals surface area contributed by atoms with Gasteiger partial charge in [0.2, 0.25) is 5.91 Å². The maximum atomic E-state index is 13.5. The van der Waals surface area contributed by atoms with Crippen molar-refractivity contribution in [3.63, 3.8) is 0 Å². The SMILES string of the molecule is CCc1ccc(NC(=O)CN(c2cccc(Cl)c2C)S(=O)(=O)c2ccc(C)cc2)cc1. The van der Waals surface area contributed by atoms with Crippen molar-refractivity contribution in [2.75, 3.05) is 16.2 Å². The lowest BCUT2D eigenvalue weighted by molar-refractivity contribution is -0.114. The van der Waals surface area contributed by atoms with Gasteiger partial charge in [0, 0.05) is 10.7 Å². The molecular weight excluding hydrogens is 432 g/mol. The number of aryl methyl sites for hydroxylation is 2. The van der Waals surface area contributed by atoms with E-state index >= 15 is 0 Å². The Labute approximate surface area is 188 Å². The lowest BCUT2D eigenvalue weighted by Gasteiger charge is -2.26. The van der Waals surface area contributed by atoms with Crippen molar-refractivity contribution in [3.05, 3.63) is 88.4 Å². The van der Waals surface area contributed by atoms with Crippen LogP contribution in [0.25, 0.3) is 0 Å². The molecule has 1 amide bonds. The van der Waals surface area contributed by atoms with Crippen molar-refractivity contribution in [1.82, 2.24) is 0 Å². The number of hydrogen-bond acceptors (Lipinski definition) is 3. The third-order valence-corrected chi connectivity index (χ3v) is 7.23. The second-order valence-corrected chi connectivity index (χ2v) is 9.58. The van der Waals surface area contributed by atoms with Crippen LogP contribution in [0.5, 0.6) is 0 Å². The average Bonchev–Trinajstić information content (AvgIpc) is 2.75. The van der Waals surface area contributed by atoms with Crippen molar-refractivity contribution in [2.45, 2.75) is 32.1 Å². The van der Waals surface area contributed by atoms with Crippen molar-refractivity contribution in [1.29, 1.82) is 0 Å². The molecule has 0 heterocycles. The number of nitrogens with one attached hydrogen (secondary N) is 1. The smallest absolute Gasteiger partial charge is 0.264 e. The molecule has 1 N–H and O–H groups in total. The first kappa shape index (κ1) is 22.8. The highest BCUT2D eigenvalue weighted by molar-refractivity contribution is 7.92. The van der Waals surface area contributed by atoms with Crippen molar-refractivity contribution < 1.29 is 13.2 Å². The van der Waals surface area contributed by atoms with Crippen LogP contribution in [0.3, 0.4) is 0 Å². The van der Waals surface area contributed by atoms with Gasteiger partial charge < -0.3 is 5.32 Å². The molecule has 3 aromatic rings. The summed E-state index contributed by atoms with van der Waals surface area (Å²) >= 11 is 6.25. The first-order valence-electron chi connectivity index (χ1n) is 9.95. The van der Waals surface area contributed by atoms with E-state index in [1.54, 1.807) is 61.5 Å². The molecule has 0 unspecified atom stereocenters. The van der Waals surface area contributed by atoms with Gasteiger partial charge in [-0.2, -0.15) is 0 Å². The number of benzene rings is 3. The number of halogens is 1. The highest BCUT2D eigenvalue weighted by Crippen LogP contribution is 2.31. The summed E-state index contributed by atoms with van der Waals surface area (Å²) < 4.78 is 28.1. The third kappa shape index (κ3) is 5.27. The van der Waals surface area contributed by atoms with E-state index in [4.69, 9.17) is 11.6 Å². The largest absolute Gasteiger partial charge is 0.325 e. The predicted molar refractivity (Wildman–Crippen MR) is 126 cm³/mol. The van der Waals surface area contributed by atoms with Gasteiger partial charge in [0.25, 0.3) is 10.0 Å². The van der Waals surface area contributed by atoms with E-state index in [9.17, 15) is 13.2 Å². The van der Waals surface area contributed by atoms with Gasteiger partial charge in [-0.1, -0.05) is 54.4 Å². The van der Waals surface area contributed by atoms with Gasteiger partial charge in [-0.05, 0) is 67.8 Å². The molecule has 0 fully saturated rings. The Morgan fingerprint density at radius 2 is 1.61 bits per heavy atom. The fourth-order valence-electron chi connectivity index (χ4n) is 3.16. The second-order valence-electron chi connectivity index (χ2n) is 7.31. The second kappa shape index (κ2) is 9.54. The van der Waals surface area contributed by atoms with Crippen molar-refractivity contribution in [3.8, 4) is 0 Å². The van der Waals surface area contributed by atoms with Crippen LogP contribution >= 0.6 is 11.6 Å². The average molecular weight is 457 g/mol. The molecule has 5 nitrogen and oxygen atoms in total. The highest BCUT2D eigenvalue weighted by atomic mass is 35.5. The Morgan fingerprint density at radius 1 is 0.968 bits per heavy atom. The molecule has 0 bridgehead atoms. The van der Waals surface area contributed by atoms with Gasteiger partial charge in [0.1, 0.15) is 6.54 Å². The van der Waals surface area contributed by atoms with Crippen LogP contribution in [-0.2, 0) is 21.2 Å². The Hall–Kier alpha value is -2.83. The number of amides is 1. The Balaban J connectivity index is 1.96. The van der Waals surface area contributed by atoms with E-state index in [1.165, 1.54) is 0 Å². The molecule has 3 rings (SSSR count). The molecule has 162 valence electrons. The van der Waals surface area contributed by atoms with E-state index < -0.39 is 15.9 Å². The third-order valence-electron chi connectivity index (χ3n) is 5.05. The van der Waals surface area contributed by atoms with Gasteiger partial charge >= 0.3 is 0 Å². The summed E-state index contributed by atoms with van der Waals surface area (Å²) in [7, 11) is -3.99. The van der Waals surface area contributed by atoms with Crippen LogP contribution in [0.2, 0.25) is 5.02 Å². The Bertz CT molecular complexity index is 1170. The zero-order valence-electron chi connectivity index (χ0n) is 17.7. The number of hydrogen-bond donors (Lipinski definition) is 1. The number of carbonyl (C=O) groups is 1. The van der Waals surface area contributed by atoms with E-state index in [-0.39, 0.29) is 11.4 Å². The highest BCUT2D eigenvalue weighted by Gasteiger charge is 2.28. The molecule has 0 aliphatic heterocycles. The predicted octanol–water partition coefficient (Wildman–Crippen LogP) is 5.35. The van der Waals surface area contributed by atoms with Gasteiger partial charge in [-0.15, -0.1) is 0 Å². The van der Waals surface area contributed by atoms with Gasteiger partial charge in [-0.3, -0.25) is 9.10 Å². The van der Waals surface area contributed by atoms with Gasteiger partial charge in [0.05, 0.1) is 10.6 Å². The zero-order valence-corrected chi connectivity index (χ0v) is 19.3. The minimum absolute atomic E-state index is 0.109. The van der Waals surface area contributed by atoms with Gasteiger partial charge in [-0.25, -0.2) is 8.42 Å². The first-order valence-corrected chi connectivity index (χ1v) is 11.8. The maximum absolute atomic E-state index is 13.5. The summed E-state index contributed by atoms with van der Waals surface area (Å²) in [6.07, 6.45) is 0.894. The van der Waals surface area contributed by atoms with Crippen LogP contribution in [0.1, 0.15) is 23.6 Å². The molecule has 0 aliphatic rings. The number of sulfonamides is 1. The molecular formula is C24H25ClN2O3S. The summed E-state index contributed by atoms with van der Waals surface area (Å²) in [5.74, 6) is -0.445. The van der Waals surface area contributed by atoms with Crippen LogP contribution in [0.4, 0.5) is 11.4 Å². The summed E-state index contributed by atoms with van der Waals surface area (Å²) in [6.45, 7) is 5.28. The molecule has 0 aromatic heterocycles. The normalized spacial score (nSPS) is 11.2. The van der Waals surface area contributed by atoms with E-state index in [1.807, 2.05) is 19.1 Å². The lowest BCUT2D eigenvalue weighted by Crippen LogP contribution is -2.38. The van der Waals surface area contributed by atoms with Crippen LogP contribution in [-0.4, -0.2) is 20.9 Å². The molecule has 7 heteroatoms. The summed E-state index contributed by atoms with van der Waals surface area (Å²) in [5.41, 5.74) is 3.65. The van der Waals surface area contributed by atoms with Crippen LogP contribution < -0.4 is 9.62 Å². The Morgan fingerprint density at radius 3 is 2.23 bits per heavy atom. The molecule has 31 heavy (non-hydrogen) atoms. The number of carbonyl (C=O) groups excluding carboxylic acids is 1. The van der Waals surface area contributed by atoms with Gasteiger partial charge in [0.15, 0.2) is 0 Å². The summed E-state index contributed by atoms with van der Waals surface area (Å²) in [4.78, 5) is 12.9. The van der Waals surface area contributed by atoms with Crippen molar-refractivity contribution >= 4 is 38.9 Å². The topological polar surface area (TPSA) is 66.5 Å². The molecule has 0 saturated carbocycles.